The van der Waals surface area contributed by atoms with Crippen LogP contribution in [0.2, 0.25) is 0 Å². The predicted molar refractivity (Wildman–Crippen MR) is 75.6 cm³/mol. The van der Waals surface area contributed by atoms with Crippen molar-refractivity contribution in [1.29, 1.82) is 5.26 Å². The summed E-state index contributed by atoms with van der Waals surface area (Å²) in [4.78, 5) is 10.5. The van der Waals surface area contributed by atoms with Crippen LogP contribution in [0, 0.1) is 28.4 Å². The van der Waals surface area contributed by atoms with Gasteiger partial charge in [-0.2, -0.15) is 5.26 Å². The molecule has 0 radical (unpaired) electrons. The van der Waals surface area contributed by atoms with Gasteiger partial charge in [0, 0.05) is 12.5 Å². The third-order valence-electron chi connectivity index (χ3n) is 2.98. The molecule has 0 heterocycles. The second kappa shape index (κ2) is 6.87. The van der Waals surface area contributed by atoms with E-state index in [-0.39, 0.29) is 18.0 Å². The minimum Gasteiger partial charge on any atom is -0.487 e. The first-order valence-corrected chi connectivity index (χ1v) is 6.46. The smallest absolute Gasteiger partial charge is 0.311 e. The highest BCUT2D eigenvalue weighted by molar-refractivity contribution is 5.48. The van der Waals surface area contributed by atoms with Crippen LogP contribution in [0.5, 0.6) is 5.75 Å². The first-order valence-electron chi connectivity index (χ1n) is 6.46. The molecule has 6 nitrogen and oxygen atoms in total. The molecule has 0 aliphatic rings. The van der Waals surface area contributed by atoms with Crippen molar-refractivity contribution in [2.45, 2.75) is 32.7 Å². The number of nitro benzene ring substituents is 1. The van der Waals surface area contributed by atoms with Gasteiger partial charge in [0.25, 0.3) is 0 Å². The van der Waals surface area contributed by atoms with E-state index in [1.54, 1.807) is 26.0 Å². The first kappa shape index (κ1) is 15.9. The zero-order valence-electron chi connectivity index (χ0n) is 12.0. The fourth-order valence-electron chi connectivity index (χ4n) is 1.83. The van der Waals surface area contributed by atoms with E-state index in [2.05, 4.69) is 11.4 Å². The van der Waals surface area contributed by atoms with Gasteiger partial charge in [-0.1, -0.05) is 13.0 Å². The van der Waals surface area contributed by atoms with Crippen LogP contribution in [0.25, 0.3) is 0 Å². The first-order chi connectivity index (χ1) is 9.41. The molecule has 108 valence electrons. The quantitative estimate of drug-likeness (QED) is 0.611. The molecule has 0 fully saturated rings. The highest BCUT2D eigenvalue weighted by Crippen LogP contribution is 2.28. The van der Waals surface area contributed by atoms with Crippen molar-refractivity contribution in [2.75, 3.05) is 13.2 Å². The third-order valence-corrected chi connectivity index (χ3v) is 2.98. The summed E-state index contributed by atoms with van der Waals surface area (Å²) >= 11 is 0. The molecule has 0 bridgehead atoms. The zero-order chi connectivity index (χ0) is 15.2. The molecule has 1 aromatic rings. The van der Waals surface area contributed by atoms with Crippen LogP contribution in [0.1, 0.15) is 25.8 Å². The van der Waals surface area contributed by atoms with Gasteiger partial charge in [0.05, 0.1) is 17.6 Å². The maximum absolute atomic E-state index is 11.0. The molecule has 0 aliphatic heterocycles. The van der Waals surface area contributed by atoms with Crippen LogP contribution >= 0.6 is 0 Å². The molecule has 0 saturated heterocycles. The van der Waals surface area contributed by atoms with Gasteiger partial charge < -0.3 is 4.74 Å². The number of rotatable bonds is 7. The molecule has 0 amide bonds. The molecule has 1 unspecified atom stereocenters. The highest BCUT2D eigenvalue weighted by atomic mass is 16.6. The van der Waals surface area contributed by atoms with E-state index in [0.717, 1.165) is 5.56 Å². The van der Waals surface area contributed by atoms with E-state index in [1.807, 2.05) is 6.92 Å². The van der Waals surface area contributed by atoms with Gasteiger partial charge in [-0.05, 0) is 32.0 Å². The molecular formula is C14H19N3O3. The van der Waals surface area contributed by atoms with Crippen LogP contribution in [-0.4, -0.2) is 23.6 Å². The van der Waals surface area contributed by atoms with Gasteiger partial charge >= 0.3 is 5.69 Å². The van der Waals surface area contributed by atoms with Gasteiger partial charge in [-0.15, -0.1) is 0 Å². The molecule has 1 N–H and O–H groups in total. The van der Waals surface area contributed by atoms with E-state index >= 15 is 0 Å². The lowest BCUT2D eigenvalue weighted by atomic mass is 10.0. The fraction of sp³-hybridized carbons (Fsp3) is 0.500. The fourth-order valence-corrected chi connectivity index (χ4v) is 1.83. The van der Waals surface area contributed by atoms with E-state index in [4.69, 9.17) is 10.00 Å². The van der Waals surface area contributed by atoms with E-state index in [1.165, 1.54) is 6.07 Å². The van der Waals surface area contributed by atoms with Crippen LogP contribution in [0.3, 0.4) is 0 Å². The second-order valence-corrected chi connectivity index (χ2v) is 4.80. The molecule has 1 aromatic carbocycles. The lowest BCUT2D eigenvalue weighted by molar-refractivity contribution is -0.385. The Bertz CT molecular complexity index is 525. The maximum atomic E-state index is 11.0. The number of benzene rings is 1. The molecule has 1 rings (SSSR count). The lowest BCUT2D eigenvalue weighted by Gasteiger charge is -2.22. The van der Waals surface area contributed by atoms with Crippen molar-refractivity contribution < 1.29 is 9.66 Å². The average molecular weight is 277 g/mol. The second-order valence-electron chi connectivity index (χ2n) is 4.80. The lowest BCUT2D eigenvalue weighted by Crippen LogP contribution is -2.42. The summed E-state index contributed by atoms with van der Waals surface area (Å²) in [7, 11) is 0. The van der Waals surface area contributed by atoms with Gasteiger partial charge in [0.15, 0.2) is 5.75 Å². The third kappa shape index (κ3) is 4.21. The molecule has 1 atom stereocenters. The van der Waals surface area contributed by atoms with E-state index < -0.39 is 10.5 Å². The van der Waals surface area contributed by atoms with Crippen LogP contribution < -0.4 is 10.1 Å². The predicted octanol–water partition coefficient (Wildman–Crippen LogP) is 2.56. The topological polar surface area (TPSA) is 88.2 Å². The SMILES string of the molecule is CCNC(C)(C#N)CCOc1ccc(C)cc1[N+](=O)[O-]. The number of nitrogens with one attached hydrogen (secondary N) is 1. The Hall–Kier alpha value is -2.13. The molecule has 0 aliphatic carbocycles. The van der Waals surface area contributed by atoms with Crippen LogP contribution in [0.4, 0.5) is 5.69 Å². The van der Waals surface area contributed by atoms with Crippen molar-refractivity contribution in [1.82, 2.24) is 5.32 Å². The van der Waals surface area contributed by atoms with Gasteiger partial charge in [-0.25, -0.2) is 0 Å². The number of aryl methyl sites for hydroxylation is 1. The van der Waals surface area contributed by atoms with Crippen molar-refractivity contribution in [3.8, 4) is 11.8 Å². The van der Waals surface area contributed by atoms with Crippen LogP contribution in [-0.2, 0) is 0 Å². The summed E-state index contributed by atoms with van der Waals surface area (Å²) in [5.41, 5.74) is 0.0690. The average Bonchev–Trinajstić information content (AvgIpc) is 2.40. The van der Waals surface area contributed by atoms with E-state index in [0.29, 0.717) is 13.0 Å². The molecule has 0 aromatic heterocycles. The molecular weight excluding hydrogens is 258 g/mol. The Kier molecular flexibility index (Phi) is 5.47. The summed E-state index contributed by atoms with van der Waals surface area (Å²) < 4.78 is 5.46. The largest absolute Gasteiger partial charge is 0.487 e. The summed E-state index contributed by atoms with van der Waals surface area (Å²) in [6.07, 6.45) is 0.447. The Morgan fingerprint density at radius 3 is 2.80 bits per heavy atom. The van der Waals surface area contributed by atoms with Crippen molar-refractivity contribution in [3.05, 3.63) is 33.9 Å². The Labute approximate surface area is 118 Å². The van der Waals surface area contributed by atoms with Crippen molar-refractivity contribution in [2.24, 2.45) is 0 Å². The minimum absolute atomic E-state index is 0.0490. The molecule has 0 saturated carbocycles. The molecule has 20 heavy (non-hydrogen) atoms. The standard InChI is InChI=1S/C14H19N3O3/c1-4-16-14(3,10-15)7-8-20-13-6-5-11(2)9-12(13)17(18)19/h5-6,9,16H,4,7-8H2,1-3H3. The molecule has 0 spiro atoms. The minimum atomic E-state index is -0.686. The number of nitro groups is 1. The van der Waals surface area contributed by atoms with E-state index in [9.17, 15) is 10.1 Å². The summed E-state index contributed by atoms with van der Waals surface area (Å²) in [5.74, 6) is 0.234. The number of hydrogen-bond acceptors (Lipinski definition) is 5. The number of hydrogen-bond donors (Lipinski definition) is 1. The summed E-state index contributed by atoms with van der Waals surface area (Å²) in [6.45, 7) is 6.40. The maximum Gasteiger partial charge on any atom is 0.311 e. The van der Waals surface area contributed by atoms with Gasteiger partial charge in [-0.3, -0.25) is 15.4 Å². The highest BCUT2D eigenvalue weighted by Gasteiger charge is 2.23. The van der Waals surface area contributed by atoms with Gasteiger partial charge in [0.2, 0.25) is 0 Å². The normalized spacial score (nSPS) is 13.3. The Morgan fingerprint density at radius 2 is 2.25 bits per heavy atom. The monoisotopic (exact) mass is 277 g/mol. The van der Waals surface area contributed by atoms with Crippen molar-refractivity contribution in [3.63, 3.8) is 0 Å². The summed E-state index contributed by atoms with van der Waals surface area (Å²) in [5, 5.41) is 23.1. The number of nitriles is 1. The number of nitrogens with zero attached hydrogens (tertiary/aromatic N) is 2. The Morgan fingerprint density at radius 1 is 1.55 bits per heavy atom. The molecule has 6 heteroatoms. The summed E-state index contributed by atoms with van der Waals surface area (Å²) in [6, 6.07) is 7.01. The van der Waals surface area contributed by atoms with Gasteiger partial charge in [0.1, 0.15) is 5.54 Å². The van der Waals surface area contributed by atoms with Crippen LogP contribution in [0.15, 0.2) is 18.2 Å². The van der Waals surface area contributed by atoms with Crippen molar-refractivity contribution >= 4 is 5.69 Å². The Balaban J connectivity index is 2.72. The zero-order valence-corrected chi connectivity index (χ0v) is 12.0. The number of ether oxygens (including phenoxy) is 1.